The maximum absolute atomic E-state index is 12.4. The Labute approximate surface area is 138 Å². The number of benzene rings is 1. The second-order valence-electron chi connectivity index (χ2n) is 6.19. The fourth-order valence-corrected chi connectivity index (χ4v) is 2.49. The lowest BCUT2D eigenvalue weighted by Crippen LogP contribution is -2.49. The van der Waals surface area contributed by atoms with Crippen molar-refractivity contribution in [1.29, 1.82) is 0 Å². The van der Waals surface area contributed by atoms with Gasteiger partial charge in [-0.3, -0.25) is 9.59 Å². The Hall–Kier alpha value is -1.88. The Morgan fingerprint density at radius 3 is 2.57 bits per heavy atom. The Morgan fingerprint density at radius 1 is 1.26 bits per heavy atom. The van der Waals surface area contributed by atoms with Crippen molar-refractivity contribution in [3.63, 3.8) is 0 Å². The molecule has 0 saturated heterocycles. The van der Waals surface area contributed by atoms with Gasteiger partial charge in [0.05, 0.1) is 6.54 Å². The SMILES string of the molecule is CCCN(C(=O)CNCC1CC1)C(C)C(=O)Nc1ccccc1. The molecule has 0 bridgehead atoms. The lowest BCUT2D eigenvalue weighted by Gasteiger charge is -2.28. The molecule has 1 fully saturated rings. The summed E-state index contributed by atoms with van der Waals surface area (Å²) >= 11 is 0. The lowest BCUT2D eigenvalue weighted by molar-refractivity contribution is -0.137. The molecule has 23 heavy (non-hydrogen) atoms. The van der Waals surface area contributed by atoms with E-state index >= 15 is 0 Å². The van der Waals surface area contributed by atoms with E-state index < -0.39 is 6.04 Å². The molecule has 0 aliphatic heterocycles. The van der Waals surface area contributed by atoms with Crippen LogP contribution in [0.2, 0.25) is 0 Å². The van der Waals surface area contributed by atoms with Crippen LogP contribution in [0, 0.1) is 5.92 Å². The molecule has 0 radical (unpaired) electrons. The Morgan fingerprint density at radius 2 is 1.96 bits per heavy atom. The van der Waals surface area contributed by atoms with E-state index in [4.69, 9.17) is 0 Å². The van der Waals surface area contributed by atoms with Crippen molar-refractivity contribution in [3.8, 4) is 0 Å². The molecular weight excluding hydrogens is 290 g/mol. The third-order valence-electron chi connectivity index (χ3n) is 4.08. The predicted molar refractivity (Wildman–Crippen MR) is 92.1 cm³/mol. The van der Waals surface area contributed by atoms with Crippen molar-refractivity contribution >= 4 is 17.5 Å². The van der Waals surface area contributed by atoms with Crippen molar-refractivity contribution in [1.82, 2.24) is 10.2 Å². The van der Waals surface area contributed by atoms with E-state index in [9.17, 15) is 9.59 Å². The molecular formula is C18H27N3O2. The molecule has 1 unspecified atom stereocenters. The molecule has 1 aliphatic carbocycles. The number of hydrogen-bond acceptors (Lipinski definition) is 3. The van der Waals surface area contributed by atoms with Gasteiger partial charge in [0.2, 0.25) is 11.8 Å². The van der Waals surface area contributed by atoms with Gasteiger partial charge in [0.15, 0.2) is 0 Å². The highest BCUT2D eigenvalue weighted by Gasteiger charge is 2.26. The molecule has 0 spiro atoms. The topological polar surface area (TPSA) is 61.4 Å². The molecule has 126 valence electrons. The third kappa shape index (κ3) is 5.67. The number of amides is 2. The molecule has 0 aromatic heterocycles. The second-order valence-corrected chi connectivity index (χ2v) is 6.19. The van der Waals surface area contributed by atoms with Gasteiger partial charge in [-0.2, -0.15) is 0 Å². The minimum absolute atomic E-state index is 0.0109. The van der Waals surface area contributed by atoms with Crippen molar-refractivity contribution < 1.29 is 9.59 Å². The summed E-state index contributed by atoms with van der Waals surface area (Å²) in [5.74, 6) is 0.574. The molecule has 1 aromatic rings. The summed E-state index contributed by atoms with van der Waals surface area (Å²) in [5.41, 5.74) is 0.750. The quantitative estimate of drug-likeness (QED) is 0.734. The van der Waals surface area contributed by atoms with Crippen LogP contribution in [0.15, 0.2) is 30.3 Å². The van der Waals surface area contributed by atoms with Crippen LogP contribution in [0.25, 0.3) is 0 Å². The molecule has 1 atom stereocenters. The highest BCUT2D eigenvalue weighted by molar-refractivity contribution is 5.97. The number of rotatable bonds is 9. The molecule has 2 N–H and O–H groups in total. The van der Waals surface area contributed by atoms with Gasteiger partial charge in [-0.05, 0) is 50.8 Å². The monoisotopic (exact) mass is 317 g/mol. The summed E-state index contributed by atoms with van der Waals surface area (Å²) < 4.78 is 0. The van der Waals surface area contributed by atoms with E-state index in [1.54, 1.807) is 11.8 Å². The van der Waals surface area contributed by atoms with E-state index in [1.807, 2.05) is 37.3 Å². The summed E-state index contributed by atoms with van der Waals surface area (Å²) in [4.78, 5) is 26.5. The van der Waals surface area contributed by atoms with E-state index in [2.05, 4.69) is 10.6 Å². The summed E-state index contributed by atoms with van der Waals surface area (Å²) in [6.07, 6.45) is 3.35. The second kappa shape index (κ2) is 8.67. The highest BCUT2D eigenvalue weighted by atomic mass is 16.2. The van der Waals surface area contributed by atoms with Crippen LogP contribution in [0.5, 0.6) is 0 Å². The van der Waals surface area contributed by atoms with Gasteiger partial charge in [-0.15, -0.1) is 0 Å². The lowest BCUT2D eigenvalue weighted by atomic mass is 10.2. The van der Waals surface area contributed by atoms with Crippen LogP contribution < -0.4 is 10.6 Å². The minimum Gasteiger partial charge on any atom is -0.330 e. The van der Waals surface area contributed by atoms with Crippen molar-refractivity contribution in [3.05, 3.63) is 30.3 Å². The Balaban J connectivity index is 1.88. The molecule has 1 aliphatic rings. The number of carbonyl (C=O) groups is 2. The normalized spacial score (nSPS) is 15.0. The average molecular weight is 317 g/mol. The van der Waals surface area contributed by atoms with E-state index in [-0.39, 0.29) is 11.8 Å². The molecule has 2 amide bonds. The van der Waals surface area contributed by atoms with Crippen molar-refractivity contribution in [2.24, 2.45) is 5.92 Å². The largest absolute Gasteiger partial charge is 0.330 e. The number of carbonyl (C=O) groups excluding carboxylic acids is 2. The minimum atomic E-state index is -0.481. The smallest absolute Gasteiger partial charge is 0.246 e. The number of nitrogens with zero attached hydrogens (tertiary/aromatic N) is 1. The number of hydrogen-bond donors (Lipinski definition) is 2. The maximum Gasteiger partial charge on any atom is 0.246 e. The number of para-hydroxylation sites is 1. The zero-order valence-corrected chi connectivity index (χ0v) is 14.0. The summed E-state index contributed by atoms with van der Waals surface area (Å²) in [6, 6.07) is 8.85. The highest BCUT2D eigenvalue weighted by Crippen LogP contribution is 2.27. The van der Waals surface area contributed by atoms with E-state index in [0.29, 0.717) is 13.1 Å². The molecule has 1 aromatic carbocycles. The van der Waals surface area contributed by atoms with Crippen LogP contribution in [-0.2, 0) is 9.59 Å². The zero-order valence-electron chi connectivity index (χ0n) is 14.0. The van der Waals surface area contributed by atoms with Gasteiger partial charge in [-0.1, -0.05) is 25.1 Å². The fourth-order valence-electron chi connectivity index (χ4n) is 2.49. The van der Waals surface area contributed by atoms with Crippen LogP contribution in [0.4, 0.5) is 5.69 Å². The third-order valence-corrected chi connectivity index (χ3v) is 4.08. The summed E-state index contributed by atoms with van der Waals surface area (Å²) in [7, 11) is 0. The standard InChI is InChI=1S/C18H27N3O2/c1-3-11-21(17(22)13-19-12-15-9-10-15)14(2)18(23)20-16-7-5-4-6-8-16/h4-8,14-15,19H,3,9-13H2,1-2H3,(H,20,23). The van der Waals surface area contributed by atoms with Crippen molar-refractivity contribution in [2.75, 3.05) is 25.0 Å². The van der Waals surface area contributed by atoms with Crippen LogP contribution in [0.3, 0.4) is 0 Å². The molecule has 0 heterocycles. The average Bonchev–Trinajstić information content (AvgIpc) is 3.37. The van der Waals surface area contributed by atoms with Gasteiger partial charge in [-0.25, -0.2) is 0 Å². The van der Waals surface area contributed by atoms with Crippen LogP contribution in [0.1, 0.15) is 33.1 Å². The number of anilines is 1. The summed E-state index contributed by atoms with van der Waals surface area (Å²) in [5, 5.41) is 6.07. The Bertz CT molecular complexity index is 514. The van der Waals surface area contributed by atoms with Gasteiger partial charge in [0.25, 0.3) is 0 Å². The molecule has 5 nitrogen and oxygen atoms in total. The van der Waals surface area contributed by atoms with Crippen LogP contribution >= 0.6 is 0 Å². The van der Waals surface area contributed by atoms with Gasteiger partial charge < -0.3 is 15.5 Å². The Kier molecular flexibility index (Phi) is 6.59. The molecule has 1 saturated carbocycles. The summed E-state index contributed by atoms with van der Waals surface area (Å²) in [6.45, 7) is 5.59. The predicted octanol–water partition coefficient (Wildman–Crippen LogP) is 2.25. The fraction of sp³-hybridized carbons (Fsp3) is 0.556. The zero-order chi connectivity index (χ0) is 16.7. The van der Waals surface area contributed by atoms with Gasteiger partial charge in [0, 0.05) is 12.2 Å². The van der Waals surface area contributed by atoms with Gasteiger partial charge >= 0.3 is 0 Å². The van der Waals surface area contributed by atoms with E-state index in [0.717, 1.165) is 24.6 Å². The molecule has 5 heteroatoms. The first-order valence-electron chi connectivity index (χ1n) is 8.48. The van der Waals surface area contributed by atoms with Gasteiger partial charge in [0.1, 0.15) is 6.04 Å². The first-order valence-corrected chi connectivity index (χ1v) is 8.48. The van der Waals surface area contributed by atoms with Crippen molar-refractivity contribution in [2.45, 2.75) is 39.2 Å². The van der Waals surface area contributed by atoms with E-state index in [1.165, 1.54) is 12.8 Å². The maximum atomic E-state index is 12.4. The number of nitrogens with one attached hydrogen (secondary N) is 2. The molecule has 2 rings (SSSR count). The first kappa shape index (κ1) is 17.5. The first-order chi connectivity index (χ1) is 11.1. The van der Waals surface area contributed by atoms with Crippen LogP contribution in [-0.4, -0.2) is 42.4 Å².